The zero-order valence-electron chi connectivity index (χ0n) is 19.4. The first-order valence-corrected chi connectivity index (χ1v) is 11.3. The molecule has 3 heterocycles. The maximum Gasteiger partial charge on any atom is 0.179 e. The highest BCUT2D eigenvalue weighted by atomic mass is 35.5. The minimum absolute atomic E-state index is 0.480. The number of rotatable bonds is 2. The van der Waals surface area contributed by atoms with Gasteiger partial charge in [0.05, 0.1) is 18.8 Å². The number of aryl methyl sites for hydroxylation is 1. The second-order valence-electron chi connectivity index (χ2n) is 7.49. The van der Waals surface area contributed by atoms with E-state index in [1.54, 1.807) is 12.3 Å². The van der Waals surface area contributed by atoms with E-state index in [1.807, 2.05) is 51.3 Å². The number of terminal acetylenes is 1. The fourth-order valence-electron chi connectivity index (χ4n) is 3.83. The van der Waals surface area contributed by atoms with Crippen molar-refractivity contribution in [3.8, 4) is 12.5 Å². The average molecular weight is 503 g/mol. The number of ether oxygens (including phenoxy) is 1. The number of aromatic nitrogens is 5. The number of nitrogens with one attached hydrogen (secondary N) is 2. The summed E-state index contributed by atoms with van der Waals surface area (Å²) in [5.41, 5.74) is 3.87. The Hall–Kier alpha value is -3.12. The van der Waals surface area contributed by atoms with E-state index in [2.05, 4.69) is 41.0 Å². The zero-order valence-corrected chi connectivity index (χ0v) is 20.9. The Kier molecular flexibility index (Phi) is 10.8. The Morgan fingerprint density at radius 2 is 1.91 bits per heavy atom. The van der Waals surface area contributed by atoms with E-state index in [0.717, 1.165) is 34.6 Å². The van der Waals surface area contributed by atoms with Crippen LogP contribution in [0.3, 0.4) is 0 Å². The monoisotopic (exact) mass is 502 g/mol. The fraction of sp³-hybridized carbons (Fsp3) is 0.333. The van der Waals surface area contributed by atoms with E-state index in [-0.39, 0.29) is 0 Å². The summed E-state index contributed by atoms with van der Waals surface area (Å²) in [6, 6.07) is 8.09. The third-order valence-electron chi connectivity index (χ3n) is 5.30. The summed E-state index contributed by atoms with van der Waals surface area (Å²) in [6.07, 6.45) is 13.7. The molecule has 5 rings (SSSR count). The Labute approximate surface area is 209 Å². The van der Waals surface area contributed by atoms with Gasteiger partial charge < -0.3 is 19.8 Å². The maximum absolute atomic E-state index is 8.00. The highest BCUT2D eigenvalue weighted by Crippen LogP contribution is 2.34. The lowest BCUT2D eigenvalue weighted by molar-refractivity contribution is -0.0979. The van der Waals surface area contributed by atoms with Crippen LogP contribution in [0.5, 0.6) is 0 Å². The standard InChI is InChI=1S/C13H16N6.C7H6Cl2.C3H4O.CH2O/c1-14-9-3-2-8(6-9)13-18-17-11-7-16-12-10(19(11)13)4-5-15-12;1-5-2-6(8)4-7(9)3-5;1-3-4-2;1-2/h4-5,7-9,14-15H,2-3,6H2,1H3;2-4H,1H3;1H,2H3;1H2/t8-,9+;;;/m1.../s1. The van der Waals surface area contributed by atoms with Gasteiger partial charge in [0.25, 0.3) is 0 Å². The lowest BCUT2D eigenvalue weighted by atomic mass is 10.1. The van der Waals surface area contributed by atoms with Crippen LogP contribution in [0.25, 0.3) is 16.8 Å². The topological polar surface area (TPSA) is 97.2 Å². The van der Waals surface area contributed by atoms with Crippen molar-refractivity contribution in [3.05, 3.63) is 58.1 Å². The highest BCUT2D eigenvalue weighted by molar-refractivity contribution is 6.34. The predicted octanol–water partition coefficient (Wildman–Crippen LogP) is 4.80. The summed E-state index contributed by atoms with van der Waals surface area (Å²) in [5, 5.41) is 13.4. The van der Waals surface area contributed by atoms with Crippen LogP contribution in [0.15, 0.2) is 36.7 Å². The van der Waals surface area contributed by atoms with Gasteiger partial charge in [-0.05, 0) is 63.1 Å². The predicted molar refractivity (Wildman–Crippen MR) is 136 cm³/mol. The second kappa shape index (κ2) is 13.6. The van der Waals surface area contributed by atoms with Crippen LogP contribution in [0.4, 0.5) is 0 Å². The molecule has 180 valence electrons. The van der Waals surface area contributed by atoms with Gasteiger partial charge >= 0.3 is 0 Å². The molecular formula is C24H28Cl2N6O2. The van der Waals surface area contributed by atoms with Gasteiger partial charge in [-0.3, -0.25) is 4.40 Å². The van der Waals surface area contributed by atoms with E-state index >= 15 is 0 Å². The van der Waals surface area contributed by atoms with Crippen LogP contribution >= 0.6 is 23.2 Å². The van der Waals surface area contributed by atoms with E-state index in [0.29, 0.717) is 22.0 Å². The molecular weight excluding hydrogens is 475 g/mol. The van der Waals surface area contributed by atoms with Crippen molar-refractivity contribution >= 4 is 46.8 Å². The van der Waals surface area contributed by atoms with E-state index in [9.17, 15) is 0 Å². The number of hydrogen-bond acceptors (Lipinski definition) is 6. The largest absolute Gasteiger partial charge is 0.450 e. The maximum atomic E-state index is 8.00. The molecule has 1 fully saturated rings. The lowest BCUT2D eigenvalue weighted by Crippen LogP contribution is -2.21. The van der Waals surface area contributed by atoms with Crippen LogP contribution in [0, 0.1) is 19.5 Å². The normalized spacial score (nSPS) is 16.4. The summed E-state index contributed by atoms with van der Waals surface area (Å²) >= 11 is 11.3. The number of methoxy groups -OCH3 is 1. The fourth-order valence-corrected chi connectivity index (χ4v) is 4.47. The average Bonchev–Trinajstić information content (AvgIpc) is 3.58. The van der Waals surface area contributed by atoms with Gasteiger partial charge in [-0.15, -0.1) is 10.2 Å². The van der Waals surface area contributed by atoms with Crippen LogP contribution < -0.4 is 5.32 Å². The minimum Gasteiger partial charge on any atom is -0.450 e. The summed E-state index contributed by atoms with van der Waals surface area (Å²) in [6.45, 7) is 3.96. The minimum atomic E-state index is 0.480. The van der Waals surface area contributed by atoms with E-state index in [4.69, 9.17) is 28.0 Å². The van der Waals surface area contributed by atoms with Gasteiger partial charge in [-0.1, -0.05) is 29.6 Å². The molecule has 3 aromatic heterocycles. The van der Waals surface area contributed by atoms with Crippen molar-refractivity contribution in [3.63, 3.8) is 0 Å². The summed E-state index contributed by atoms with van der Waals surface area (Å²) in [7, 11) is 3.48. The van der Waals surface area contributed by atoms with Crippen molar-refractivity contribution in [2.75, 3.05) is 14.2 Å². The highest BCUT2D eigenvalue weighted by Gasteiger charge is 2.28. The van der Waals surface area contributed by atoms with Crippen molar-refractivity contribution in [2.24, 2.45) is 0 Å². The van der Waals surface area contributed by atoms with Gasteiger partial charge in [-0.25, -0.2) is 4.98 Å². The Morgan fingerprint density at radius 1 is 1.24 bits per heavy atom. The van der Waals surface area contributed by atoms with Gasteiger partial charge in [0.15, 0.2) is 11.3 Å². The van der Waals surface area contributed by atoms with Crippen molar-refractivity contribution in [2.45, 2.75) is 38.1 Å². The molecule has 4 aromatic rings. The number of fused-ring (bicyclic) bond motifs is 3. The molecule has 0 amide bonds. The molecule has 10 heteroatoms. The first-order valence-electron chi connectivity index (χ1n) is 10.5. The summed E-state index contributed by atoms with van der Waals surface area (Å²) in [4.78, 5) is 15.5. The Balaban J connectivity index is 0.000000228. The molecule has 0 spiro atoms. The number of hydrogen-bond donors (Lipinski definition) is 2. The molecule has 0 radical (unpaired) electrons. The third-order valence-corrected chi connectivity index (χ3v) is 5.73. The first-order chi connectivity index (χ1) is 16.5. The third kappa shape index (κ3) is 6.94. The molecule has 1 aliphatic carbocycles. The quantitative estimate of drug-likeness (QED) is 0.382. The SMILES string of the molecule is C#COC.C=O.CN[C@H]1CC[C@@H](c2nnc3cnc4[nH]ccc4n23)C1.Cc1cc(Cl)cc(Cl)c1. The molecule has 1 aromatic carbocycles. The van der Waals surface area contributed by atoms with Crippen molar-refractivity contribution in [1.29, 1.82) is 0 Å². The van der Waals surface area contributed by atoms with Crippen molar-refractivity contribution < 1.29 is 9.53 Å². The first kappa shape index (κ1) is 27.1. The summed E-state index contributed by atoms with van der Waals surface area (Å²) in [5.74, 6) is 1.55. The molecule has 0 aliphatic heterocycles. The number of benzene rings is 1. The lowest BCUT2D eigenvalue weighted by Gasteiger charge is -2.09. The molecule has 34 heavy (non-hydrogen) atoms. The number of carbonyl (C=O) groups is 1. The number of nitrogens with zero attached hydrogens (tertiary/aromatic N) is 4. The molecule has 0 saturated heterocycles. The van der Waals surface area contributed by atoms with Gasteiger partial charge in [0.1, 0.15) is 18.7 Å². The molecule has 8 nitrogen and oxygen atoms in total. The zero-order chi connectivity index (χ0) is 25.1. The number of carbonyl (C=O) groups excluding carboxylic acids is 1. The summed E-state index contributed by atoms with van der Waals surface area (Å²) < 4.78 is 6.21. The molecule has 1 saturated carbocycles. The molecule has 2 N–H and O–H groups in total. The molecule has 0 unspecified atom stereocenters. The number of H-pyrrole nitrogens is 1. The van der Waals surface area contributed by atoms with Crippen LogP contribution in [0.2, 0.25) is 10.0 Å². The van der Waals surface area contributed by atoms with Crippen LogP contribution in [-0.2, 0) is 9.53 Å². The van der Waals surface area contributed by atoms with Crippen LogP contribution in [-0.4, -0.2) is 51.6 Å². The van der Waals surface area contributed by atoms with Gasteiger partial charge in [0.2, 0.25) is 0 Å². The van der Waals surface area contributed by atoms with Gasteiger partial charge in [0, 0.05) is 28.2 Å². The van der Waals surface area contributed by atoms with Crippen molar-refractivity contribution in [1.82, 2.24) is 29.9 Å². The van der Waals surface area contributed by atoms with Crippen LogP contribution in [0.1, 0.15) is 36.6 Å². The Morgan fingerprint density at radius 3 is 2.47 bits per heavy atom. The molecule has 2 atom stereocenters. The molecule has 0 bridgehead atoms. The Bertz CT molecular complexity index is 1180. The second-order valence-corrected chi connectivity index (χ2v) is 8.36. The number of aromatic amines is 1. The number of halogens is 2. The smallest absolute Gasteiger partial charge is 0.179 e. The van der Waals surface area contributed by atoms with E-state index < -0.39 is 0 Å². The van der Waals surface area contributed by atoms with Gasteiger partial charge in [-0.2, -0.15) is 0 Å². The van der Waals surface area contributed by atoms with E-state index in [1.165, 1.54) is 20.0 Å². The molecule has 1 aliphatic rings.